The third-order valence-electron chi connectivity index (χ3n) is 4.97. The molecule has 1 aromatic carbocycles. The highest BCUT2D eigenvalue weighted by atomic mass is 32.2. The van der Waals surface area contributed by atoms with Crippen molar-refractivity contribution in [3.63, 3.8) is 0 Å². The van der Waals surface area contributed by atoms with E-state index in [1.165, 1.54) is 29.9 Å². The monoisotopic (exact) mass is 441 g/mol. The van der Waals surface area contributed by atoms with Crippen LogP contribution in [0.5, 0.6) is 0 Å². The van der Waals surface area contributed by atoms with Gasteiger partial charge in [-0.2, -0.15) is 0 Å². The van der Waals surface area contributed by atoms with E-state index in [0.717, 1.165) is 27.4 Å². The number of hydrogen-bond donors (Lipinski definition) is 4. The Morgan fingerprint density at radius 1 is 1.03 bits per heavy atom. The molecule has 4 N–H and O–H groups in total. The molecular weight excluding hydrogens is 418 g/mol. The molecule has 0 aliphatic heterocycles. The van der Waals surface area contributed by atoms with E-state index in [0.29, 0.717) is 17.0 Å². The number of pyridine rings is 2. The minimum Gasteiger partial charge on any atom is -0.393 e. The zero-order valence-electron chi connectivity index (χ0n) is 17.8. The van der Waals surface area contributed by atoms with E-state index in [1.54, 1.807) is 19.4 Å². The lowest BCUT2D eigenvalue weighted by molar-refractivity contribution is 1.05. The van der Waals surface area contributed by atoms with Gasteiger partial charge < -0.3 is 20.9 Å². The quantitative estimate of drug-likeness (QED) is 0.227. The molecule has 32 heavy (non-hydrogen) atoms. The minimum absolute atomic E-state index is 0.518. The smallest absolute Gasteiger partial charge is 0.137 e. The Hall–Kier alpha value is -3.91. The lowest BCUT2D eigenvalue weighted by Crippen LogP contribution is -2.01. The van der Waals surface area contributed by atoms with Crippen molar-refractivity contribution >= 4 is 41.3 Å². The van der Waals surface area contributed by atoms with Gasteiger partial charge in [-0.3, -0.25) is 9.38 Å². The average Bonchev–Trinajstić information content (AvgIpc) is 3.23. The van der Waals surface area contributed by atoms with Gasteiger partial charge in [-0.05, 0) is 36.2 Å². The lowest BCUT2D eigenvalue weighted by Gasteiger charge is -2.11. The van der Waals surface area contributed by atoms with Crippen LogP contribution < -0.4 is 10.0 Å². The molecule has 4 aromatic rings. The maximum absolute atomic E-state index is 7.68. The maximum atomic E-state index is 7.68. The van der Waals surface area contributed by atoms with E-state index < -0.39 is 0 Å². The predicted molar refractivity (Wildman–Crippen MR) is 133 cm³/mol. The number of benzene rings is 1. The number of nitrogens with one attached hydrogen (secondary N) is 4. The Morgan fingerprint density at radius 2 is 1.81 bits per heavy atom. The summed E-state index contributed by atoms with van der Waals surface area (Å²) in [6.45, 7) is 2.08. The van der Waals surface area contributed by atoms with Crippen molar-refractivity contribution < 1.29 is 0 Å². The summed E-state index contributed by atoms with van der Waals surface area (Å²) in [5.41, 5.74) is 7.02. The van der Waals surface area contributed by atoms with Gasteiger partial charge in [0.1, 0.15) is 16.4 Å². The van der Waals surface area contributed by atoms with Crippen LogP contribution in [0.25, 0.3) is 22.3 Å². The molecule has 0 saturated carbocycles. The molecule has 0 aliphatic rings. The van der Waals surface area contributed by atoms with Crippen molar-refractivity contribution in [1.82, 2.24) is 19.7 Å². The van der Waals surface area contributed by atoms with E-state index in [2.05, 4.69) is 63.5 Å². The van der Waals surface area contributed by atoms with Gasteiger partial charge in [-0.25, -0.2) is 4.98 Å². The zero-order valence-corrected chi connectivity index (χ0v) is 18.6. The third-order valence-corrected chi connectivity index (χ3v) is 5.80. The minimum atomic E-state index is 0.518. The normalized spacial score (nSPS) is 11.4. The van der Waals surface area contributed by atoms with Crippen LogP contribution in [0.4, 0.5) is 5.69 Å². The summed E-state index contributed by atoms with van der Waals surface area (Å²) in [5, 5.41) is 19.2. The van der Waals surface area contributed by atoms with Crippen LogP contribution in [0.1, 0.15) is 16.8 Å². The van der Waals surface area contributed by atoms with Crippen molar-refractivity contribution in [3.8, 4) is 11.1 Å². The summed E-state index contributed by atoms with van der Waals surface area (Å²) in [4.78, 5) is 8.86. The van der Waals surface area contributed by atoms with Gasteiger partial charge in [0.25, 0.3) is 0 Å². The van der Waals surface area contributed by atoms with Gasteiger partial charge >= 0.3 is 0 Å². The lowest BCUT2D eigenvalue weighted by atomic mass is 10.1. The number of allylic oxidation sites excluding steroid dienone is 1. The first-order valence-electron chi connectivity index (χ1n) is 9.98. The fraction of sp³-hybridized carbons (Fsp3) is 0.0833. The Bertz CT molecular complexity index is 1310. The Labute approximate surface area is 190 Å². The van der Waals surface area contributed by atoms with Crippen LogP contribution in [0, 0.1) is 17.7 Å². The van der Waals surface area contributed by atoms with Crippen LogP contribution in [-0.2, 0) is 0 Å². The highest BCUT2D eigenvalue weighted by Crippen LogP contribution is 2.28. The second kappa shape index (κ2) is 9.49. The standard InChI is InChI=1S/C24H23N7S/c1-16-3-5-17(6-4-16)18-7-8-23-29-14-24(31(23)15-18)32-30-21-9-19(13-28-22(21)11-26)20(10-25)12-27-2/h3-15,25-27,30H,1-2H3/b20-12+,25-10?,26-11?. The molecule has 0 aliphatic carbocycles. The molecule has 4 rings (SSSR count). The predicted octanol–water partition coefficient (Wildman–Crippen LogP) is 5.03. The zero-order chi connectivity index (χ0) is 22.5. The van der Waals surface area contributed by atoms with Crippen LogP contribution in [0.3, 0.4) is 0 Å². The molecule has 7 nitrogen and oxygen atoms in total. The number of aryl methyl sites for hydroxylation is 1. The number of aromatic nitrogens is 3. The number of anilines is 1. The summed E-state index contributed by atoms with van der Waals surface area (Å²) in [6.07, 6.45) is 9.77. The van der Waals surface area contributed by atoms with Gasteiger partial charge in [0.2, 0.25) is 0 Å². The Balaban J connectivity index is 1.63. The van der Waals surface area contributed by atoms with Crippen LogP contribution in [-0.4, -0.2) is 33.8 Å². The first-order chi connectivity index (χ1) is 15.6. The molecule has 0 spiro atoms. The average molecular weight is 442 g/mol. The van der Waals surface area contributed by atoms with Crippen molar-refractivity contribution in [2.24, 2.45) is 0 Å². The molecule has 0 atom stereocenters. The number of fused-ring (bicyclic) bond motifs is 1. The SMILES string of the molecule is CN/C=C(\C=N)c1cnc(C=N)c(NSc2cnc3ccc(-c4ccc(C)cc4)cn23)c1. The highest BCUT2D eigenvalue weighted by molar-refractivity contribution is 8.00. The molecule has 0 amide bonds. The fourth-order valence-corrected chi connectivity index (χ4v) is 3.98. The van der Waals surface area contributed by atoms with Gasteiger partial charge in [-0.15, -0.1) is 0 Å². The van der Waals surface area contributed by atoms with Crippen molar-refractivity contribution in [1.29, 1.82) is 10.8 Å². The molecule has 3 aromatic heterocycles. The molecule has 0 radical (unpaired) electrons. The number of hydrogen-bond acceptors (Lipinski definition) is 7. The summed E-state index contributed by atoms with van der Waals surface area (Å²) >= 11 is 1.40. The summed E-state index contributed by atoms with van der Waals surface area (Å²) in [6, 6.07) is 14.4. The molecular formula is C24H23N7S. The molecule has 0 saturated heterocycles. The van der Waals surface area contributed by atoms with E-state index in [-0.39, 0.29) is 0 Å². The molecule has 0 fully saturated rings. The van der Waals surface area contributed by atoms with Crippen molar-refractivity contribution in [3.05, 3.63) is 84.1 Å². The van der Waals surface area contributed by atoms with Gasteiger partial charge in [0.15, 0.2) is 0 Å². The van der Waals surface area contributed by atoms with E-state index in [9.17, 15) is 0 Å². The molecule has 0 unspecified atom stereocenters. The van der Waals surface area contributed by atoms with Crippen molar-refractivity contribution in [2.75, 3.05) is 11.8 Å². The van der Waals surface area contributed by atoms with E-state index in [1.807, 2.05) is 22.7 Å². The summed E-state index contributed by atoms with van der Waals surface area (Å²) in [7, 11) is 1.79. The highest BCUT2D eigenvalue weighted by Gasteiger charge is 2.10. The summed E-state index contributed by atoms with van der Waals surface area (Å²) < 4.78 is 5.35. The van der Waals surface area contributed by atoms with E-state index >= 15 is 0 Å². The maximum Gasteiger partial charge on any atom is 0.137 e. The number of rotatable bonds is 8. The molecule has 0 bridgehead atoms. The third kappa shape index (κ3) is 4.40. The van der Waals surface area contributed by atoms with Crippen LogP contribution in [0.2, 0.25) is 0 Å². The fourth-order valence-electron chi connectivity index (χ4n) is 3.25. The largest absolute Gasteiger partial charge is 0.393 e. The first-order valence-corrected chi connectivity index (χ1v) is 10.8. The number of imidazole rings is 1. The number of nitrogens with zero attached hydrogens (tertiary/aromatic N) is 3. The Morgan fingerprint density at radius 3 is 2.53 bits per heavy atom. The second-order valence-electron chi connectivity index (χ2n) is 7.15. The van der Waals surface area contributed by atoms with E-state index in [4.69, 9.17) is 10.8 Å². The molecule has 3 heterocycles. The van der Waals surface area contributed by atoms with Gasteiger partial charge in [0.05, 0.1) is 11.9 Å². The van der Waals surface area contributed by atoms with Gasteiger partial charge in [-0.1, -0.05) is 29.8 Å². The topological polar surface area (TPSA) is 102 Å². The second-order valence-corrected chi connectivity index (χ2v) is 7.97. The molecule has 8 heteroatoms. The van der Waals surface area contributed by atoms with Gasteiger partial charge in [0, 0.05) is 61.2 Å². The molecule has 160 valence electrons. The van der Waals surface area contributed by atoms with Crippen LogP contribution >= 0.6 is 11.9 Å². The summed E-state index contributed by atoms with van der Waals surface area (Å²) in [5.74, 6) is 0. The van der Waals surface area contributed by atoms with Crippen LogP contribution in [0.15, 0.2) is 72.3 Å². The first kappa shape index (κ1) is 21.3. The van der Waals surface area contributed by atoms with Crippen molar-refractivity contribution in [2.45, 2.75) is 11.9 Å². The Kier molecular flexibility index (Phi) is 6.32.